The number of nitro benzene ring substituents is 1. The van der Waals surface area contributed by atoms with Crippen LogP contribution in [0.1, 0.15) is 18.0 Å². The molecule has 0 saturated carbocycles. The third kappa shape index (κ3) is 2.09. The molecule has 0 spiro atoms. The number of benzene rings is 1. The number of aromatic hydroxyl groups is 1. The van der Waals surface area contributed by atoms with Gasteiger partial charge in [-0.3, -0.25) is 10.1 Å². The minimum atomic E-state index is -0.567. The summed E-state index contributed by atoms with van der Waals surface area (Å²) in [6.07, 6.45) is 0.921. The molecule has 0 bridgehead atoms. The number of hydrogen-bond donors (Lipinski definition) is 2. The number of nitrogens with zero attached hydrogens (tertiary/aromatic N) is 3. The maximum absolute atomic E-state index is 10.9. The normalized spacial score (nSPS) is 25.8. The topological polar surface area (TPSA) is 91.0 Å². The first-order chi connectivity index (χ1) is 9.56. The lowest BCUT2D eigenvalue weighted by molar-refractivity contribution is -0.385. The fraction of sp³-hybridized carbons (Fsp3) is 0.462. The van der Waals surface area contributed by atoms with Crippen molar-refractivity contribution in [1.82, 2.24) is 10.3 Å². The number of nitro groups is 1. The van der Waals surface area contributed by atoms with Crippen molar-refractivity contribution in [2.45, 2.75) is 12.5 Å². The van der Waals surface area contributed by atoms with E-state index in [0.29, 0.717) is 0 Å². The third-order valence-corrected chi connectivity index (χ3v) is 3.99. The molecule has 7 heteroatoms. The van der Waals surface area contributed by atoms with Crippen molar-refractivity contribution in [2.75, 3.05) is 20.1 Å². The van der Waals surface area contributed by atoms with E-state index in [4.69, 9.17) is 0 Å². The van der Waals surface area contributed by atoms with E-state index in [-0.39, 0.29) is 23.4 Å². The number of nitrogens with one attached hydrogen (secondary N) is 1. The lowest BCUT2D eigenvalue weighted by Gasteiger charge is -2.30. The van der Waals surface area contributed by atoms with Crippen molar-refractivity contribution in [3.05, 3.63) is 33.9 Å². The number of rotatable bonds is 2. The first kappa shape index (κ1) is 12.9. The molecule has 0 aliphatic carbocycles. The van der Waals surface area contributed by atoms with E-state index in [1.54, 1.807) is 6.07 Å². The van der Waals surface area contributed by atoms with E-state index in [2.05, 4.69) is 22.5 Å². The summed E-state index contributed by atoms with van der Waals surface area (Å²) in [4.78, 5) is 12.6. The van der Waals surface area contributed by atoms with E-state index in [1.807, 2.05) is 0 Å². The quantitative estimate of drug-likeness (QED) is 0.626. The van der Waals surface area contributed by atoms with Crippen LogP contribution in [-0.4, -0.2) is 40.8 Å². The molecule has 2 heterocycles. The zero-order valence-corrected chi connectivity index (χ0v) is 11.1. The highest BCUT2D eigenvalue weighted by Crippen LogP contribution is 2.35. The highest BCUT2D eigenvalue weighted by Gasteiger charge is 2.36. The monoisotopic (exact) mass is 276 g/mol. The zero-order chi connectivity index (χ0) is 14.3. The van der Waals surface area contributed by atoms with E-state index in [1.165, 1.54) is 12.1 Å². The number of piperidine rings is 1. The van der Waals surface area contributed by atoms with Crippen LogP contribution in [0.3, 0.4) is 0 Å². The summed E-state index contributed by atoms with van der Waals surface area (Å²) in [5.41, 5.74) is 4.73. The molecule has 1 saturated heterocycles. The molecule has 1 aromatic rings. The lowest BCUT2D eigenvalue weighted by Crippen LogP contribution is -2.39. The van der Waals surface area contributed by atoms with Gasteiger partial charge in [-0.2, -0.15) is 5.10 Å². The zero-order valence-electron chi connectivity index (χ0n) is 11.1. The van der Waals surface area contributed by atoms with Crippen LogP contribution in [0, 0.1) is 16.0 Å². The standard InChI is InChI=1S/C13H16N4O3/c1-16-5-4-10-9(7-16)13(15-14-10)8-2-3-12(18)11(6-8)17(19)20/h2-3,6,9,13,15,18H,4-5,7H2,1H3. The molecular formula is C13H16N4O3. The molecule has 0 amide bonds. The van der Waals surface area contributed by atoms with Gasteiger partial charge in [0.15, 0.2) is 5.75 Å². The maximum Gasteiger partial charge on any atom is 0.311 e. The average Bonchev–Trinajstić information content (AvgIpc) is 2.82. The predicted molar refractivity (Wildman–Crippen MR) is 73.7 cm³/mol. The van der Waals surface area contributed by atoms with E-state index >= 15 is 0 Å². The Labute approximate surface area is 116 Å². The van der Waals surface area contributed by atoms with Gasteiger partial charge in [0.05, 0.1) is 11.0 Å². The highest BCUT2D eigenvalue weighted by atomic mass is 16.6. The van der Waals surface area contributed by atoms with E-state index in [0.717, 1.165) is 30.8 Å². The first-order valence-corrected chi connectivity index (χ1v) is 6.54. The maximum atomic E-state index is 10.9. The summed E-state index contributed by atoms with van der Waals surface area (Å²) in [7, 11) is 2.06. The Morgan fingerprint density at radius 2 is 2.35 bits per heavy atom. The van der Waals surface area contributed by atoms with E-state index in [9.17, 15) is 15.2 Å². The van der Waals surface area contributed by atoms with Crippen LogP contribution in [0.25, 0.3) is 0 Å². The van der Waals surface area contributed by atoms with Crippen molar-refractivity contribution in [3.63, 3.8) is 0 Å². The molecule has 3 rings (SSSR count). The fourth-order valence-corrected chi connectivity index (χ4v) is 2.89. The van der Waals surface area contributed by atoms with Crippen LogP contribution in [0.15, 0.2) is 23.3 Å². The van der Waals surface area contributed by atoms with Gasteiger partial charge in [0.1, 0.15) is 0 Å². The predicted octanol–water partition coefficient (Wildman–Crippen LogP) is 1.25. The second-order valence-corrected chi connectivity index (χ2v) is 5.33. The molecule has 0 aromatic heterocycles. The smallest absolute Gasteiger partial charge is 0.311 e. The molecular weight excluding hydrogens is 260 g/mol. The lowest BCUT2D eigenvalue weighted by atomic mass is 9.86. The molecule has 1 fully saturated rings. The van der Waals surface area contributed by atoms with Gasteiger partial charge in [-0.05, 0) is 18.7 Å². The summed E-state index contributed by atoms with van der Waals surface area (Å²) in [5.74, 6) is -0.0726. The van der Waals surface area contributed by atoms with Gasteiger partial charge in [0.2, 0.25) is 0 Å². The molecule has 2 N–H and O–H groups in total. The second kappa shape index (κ2) is 4.75. The number of likely N-dealkylation sites (tertiary alicyclic amines) is 1. The molecule has 106 valence electrons. The molecule has 1 aromatic carbocycles. The molecule has 7 nitrogen and oxygen atoms in total. The summed E-state index contributed by atoms with van der Waals surface area (Å²) in [6.45, 7) is 1.87. The van der Waals surface area contributed by atoms with Crippen molar-refractivity contribution < 1.29 is 10.0 Å². The summed E-state index contributed by atoms with van der Waals surface area (Å²) < 4.78 is 0. The molecule has 20 heavy (non-hydrogen) atoms. The van der Waals surface area contributed by atoms with Gasteiger partial charge in [0.25, 0.3) is 0 Å². The van der Waals surface area contributed by atoms with E-state index < -0.39 is 4.92 Å². The van der Waals surface area contributed by atoms with Crippen LogP contribution in [0.4, 0.5) is 5.69 Å². The molecule has 2 atom stereocenters. The average molecular weight is 276 g/mol. The van der Waals surface area contributed by atoms with Crippen molar-refractivity contribution in [2.24, 2.45) is 11.0 Å². The molecule has 2 unspecified atom stereocenters. The Morgan fingerprint density at radius 1 is 1.55 bits per heavy atom. The van der Waals surface area contributed by atoms with Crippen molar-refractivity contribution >= 4 is 11.4 Å². The number of hydrogen-bond acceptors (Lipinski definition) is 6. The van der Waals surface area contributed by atoms with Crippen molar-refractivity contribution in [3.8, 4) is 5.75 Å². The Bertz CT molecular complexity index is 587. The van der Waals surface area contributed by atoms with Gasteiger partial charge in [-0.15, -0.1) is 0 Å². The van der Waals surface area contributed by atoms with Crippen LogP contribution in [-0.2, 0) is 0 Å². The first-order valence-electron chi connectivity index (χ1n) is 6.54. The van der Waals surface area contributed by atoms with Gasteiger partial charge in [-0.1, -0.05) is 6.07 Å². The Hall–Kier alpha value is -2.15. The minimum absolute atomic E-state index is 0.0629. The van der Waals surface area contributed by atoms with Gasteiger partial charge < -0.3 is 15.4 Å². The summed E-state index contributed by atoms with van der Waals surface area (Å²) in [6, 6.07) is 4.46. The SMILES string of the molecule is CN1CCC2=NNC(c3ccc(O)c([N+](=O)[O-])c3)C2C1. The minimum Gasteiger partial charge on any atom is -0.502 e. The molecule has 0 radical (unpaired) electrons. The van der Waals surface area contributed by atoms with Gasteiger partial charge in [-0.25, -0.2) is 0 Å². The molecule has 2 aliphatic heterocycles. The molecule has 2 aliphatic rings. The number of hydrazone groups is 1. The number of fused-ring (bicyclic) bond motifs is 1. The third-order valence-electron chi connectivity index (χ3n) is 3.99. The van der Waals surface area contributed by atoms with Gasteiger partial charge in [0, 0.05) is 37.2 Å². The number of phenolic OH excluding ortho intramolecular Hbond substituents is 1. The number of phenols is 1. The summed E-state index contributed by atoms with van der Waals surface area (Å²) in [5, 5.41) is 24.8. The summed E-state index contributed by atoms with van der Waals surface area (Å²) >= 11 is 0. The Morgan fingerprint density at radius 3 is 3.10 bits per heavy atom. The largest absolute Gasteiger partial charge is 0.502 e. The van der Waals surface area contributed by atoms with Crippen LogP contribution in [0.5, 0.6) is 5.75 Å². The van der Waals surface area contributed by atoms with Gasteiger partial charge >= 0.3 is 5.69 Å². The Balaban J connectivity index is 1.90. The van der Waals surface area contributed by atoms with Crippen molar-refractivity contribution in [1.29, 1.82) is 0 Å². The van der Waals surface area contributed by atoms with Crippen LogP contribution in [0.2, 0.25) is 0 Å². The Kier molecular flexibility index (Phi) is 3.06. The highest BCUT2D eigenvalue weighted by molar-refractivity contribution is 5.90. The second-order valence-electron chi connectivity index (χ2n) is 5.33. The van der Waals surface area contributed by atoms with Crippen LogP contribution < -0.4 is 5.43 Å². The van der Waals surface area contributed by atoms with Crippen LogP contribution >= 0.6 is 0 Å². The fourth-order valence-electron chi connectivity index (χ4n) is 2.89.